The van der Waals surface area contributed by atoms with Gasteiger partial charge >= 0.3 is 0 Å². The fraction of sp³-hybridized carbons (Fsp3) is 1.00. The molecule has 0 radical (unpaired) electrons. The van der Waals surface area contributed by atoms with Gasteiger partial charge in [-0.15, -0.1) is 0 Å². The molecule has 1 aliphatic carbocycles. The summed E-state index contributed by atoms with van der Waals surface area (Å²) in [5.41, 5.74) is 0. The normalized spacial score (nSPS) is 13.6. The minimum absolute atomic E-state index is 0.117. The lowest BCUT2D eigenvalue weighted by Crippen LogP contribution is -2.21. The van der Waals surface area contributed by atoms with E-state index in [4.69, 9.17) is 54.0 Å². The van der Waals surface area contributed by atoms with Crippen LogP contribution < -0.4 is 0 Å². The van der Waals surface area contributed by atoms with E-state index >= 15 is 0 Å². The molecule has 11 heteroatoms. The molecule has 1 rings (SSSR count). The van der Waals surface area contributed by atoms with Crippen LogP contribution in [0.4, 0.5) is 0 Å². The van der Waals surface area contributed by atoms with Gasteiger partial charge in [-0.2, -0.15) is 0 Å². The molecule has 0 bridgehead atoms. The summed E-state index contributed by atoms with van der Waals surface area (Å²) in [5.74, 6) is 0.914. The van der Waals surface area contributed by atoms with Crippen molar-refractivity contribution < 1.29 is 54.0 Å². The van der Waals surface area contributed by atoms with Gasteiger partial charge in [0.05, 0.1) is 76.3 Å². The molecule has 0 amide bonds. The van der Waals surface area contributed by atoms with Crippen molar-refractivity contribution in [1.82, 2.24) is 0 Å². The van der Waals surface area contributed by atoms with E-state index in [9.17, 15) is 0 Å². The van der Waals surface area contributed by atoms with Crippen LogP contribution in [0.1, 0.15) is 103 Å². The number of ether oxygens (including phenoxy) is 6. The highest BCUT2D eigenvalue weighted by molar-refractivity contribution is 4.72. The lowest BCUT2D eigenvalue weighted by atomic mass is 10.4. The Morgan fingerprint density at radius 3 is 1.05 bits per heavy atom. The Kier molecular flexibility index (Phi) is 48.9. The third-order valence-corrected chi connectivity index (χ3v) is 4.54. The van der Waals surface area contributed by atoms with Crippen LogP contribution in [0.15, 0.2) is 0 Å². The first-order valence-electron chi connectivity index (χ1n) is 16.2. The Morgan fingerprint density at radius 2 is 0.886 bits per heavy atom. The summed E-state index contributed by atoms with van der Waals surface area (Å²) in [7, 11) is 1.70. The van der Waals surface area contributed by atoms with Crippen LogP contribution in [0.2, 0.25) is 0 Å². The molecule has 0 aromatic carbocycles. The molecule has 0 saturated heterocycles. The zero-order valence-electron chi connectivity index (χ0n) is 31.0. The molecule has 1 saturated carbocycles. The molecule has 0 spiro atoms. The van der Waals surface area contributed by atoms with Crippen molar-refractivity contribution in [3.05, 3.63) is 0 Å². The van der Waals surface area contributed by atoms with Crippen molar-refractivity contribution in [2.24, 2.45) is 5.92 Å². The number of rotatable bonds is 17. The van der Waals surface area contributed by atoms with Crippen molar-refractivity contribution in [2.45, 2.75) is 152 Å². The molecular formula is C33H76O11. The van der Waals surface area contributed by atoms with Crippen molar-refractivity contribution in [2.75, 3.05) is 60.0 Å². The zero-order valence-corrected chi connectivity index (χ0v) is 31.0. The fourth-order valence-electron chi connectivity index (χ4n) is 1.95. The minimum atomic E-state index is -0.729. The Morgan fingerprint density at radius 1 is 0.545 bits per heavy atom. The van der Waals surface area contributed by atoms with Gasteiger partial charge in [-0.1, -0.05) is 0 Å². The molecule has 11 nitrogen and oxygen atoms in total. The van der Waals surface area contributed by atoms with E-state index in [1.54, 1.807) is 7.11 Å². The Bertz CT molecular complexity index is 466. The van der Waals surface area contributed by atoms with Gasteiger partial charge in [0.25, 0.3) is 0 Å². The van der Waals surface area contributed by atoms with Crippen LogP contribution in [0.3, 0.4) is 0 Å². The highest BCUT2D eigenvalue weighted by Crippen LogP contribution is 2.29. The summed E-state index contributed by atoms with van der Waals surface area (Å²) in [6.07, 6.45) is 3.02. The third-order valence-electron chi connectivity index (χ3n) is 4.54. The van der Waals surface area contributed by atoms with Crippen molar-refractivity contribution in [3.8, 4) is 0 Å². The lowest BCUT2D eigenvalue weighted by molar-refractivity contribution is -0.0167. The number of hydrogen-bond donors (Lipinski definition) is 5. The topological polar surface area (TPSA) is 157 Å². The predicted octanol–water partition coefficient (Wildman–Crippen LogP) is 4.23. The largest absolute Gasteiger partial charge is 0.394 e. The molecular weight excluding hydrogens is 572 g/mol. The number of aliphatic hydroxyl groups excluding tert-OH is 5. The van der Waals surface area contributed by atoms with E-state index in [1.807, 2.05) is 76.2 Å². The SMILES string of the molecule is CC(C)OCC1CC1.CC(C)OCCO.CC(C)OC[C@@H](O)CO.CC(C)OC[C@H](O)CO.CCOC(C)C.COC(C)C. The highest BCUT2D eigenvalue weighted by Gasteiger charge is 2.21. The van der Waals surface area contributed by atoms with E-state index in [1.165, 1.54) is 12.8 Å². The second-order valence-corrected chi connectivity index (χ2v) is 11.7. The molecule has 0 unspecified atom stereocenters. The maximum atomic E-state index is 8.73. The first-order valence-corrected chi connectivity index (χ1v) is 16.2. The van der Waals surface area contributed by atoms with Gasteiger partial charge in [0, 0.05) is 20.3 Å². The van der Waals surface area contributed by atoms with Gasteiger partial charge < -0.3 is 54.0 Å². The van der Waals surface area contributed by atoms with Gasteiger partial charge in [-0.25, -0.2) is 0 Å². The second-order valence-electron chi connectivity index (χ2n) is 11.7. The van der Waals surface area contributed by atoms with E-state index < -0.39 is 12.2 Å². The molecule has 1 aliphatic rings. The summed E-state index contributed by atoms with van der Waals surface area (Å²) >= 11 is 0. The second kappa shape index (κ2) is 40.6. The summed E-state index contributed by atoms with van der Waals surface area (Å²) in [6, 6.07) is 0. The Balaban J connectivity index is -0.000000140. The van der Waals surface area contributed by atoms with Crippen LogP contribution in [0.25, 0.3) is 0 Å². The van der Waals surface area contributed by atoms with Gasteiger partial charge in [0.1, 0.15) is 12.2 Å². The molecule has 0 aromatic heterocycles. The summed E-state index contributed by atoms with van der Waals surface area (Å²) in [6.45, 7) is 28.0. The summed E-state index contributed by atoms with van der Waals surface area (Å²) in [5, 5.41) is 42.3. The zero-order chi connectivity index (χ0) is 35.5. The average molecular weight is 649 g/mol. The van der Waals surface area contributed by atoms with Crippen LogP contribution in [-0.2, 0) is 28.4 Å². The Hall–Kier alpha value is -0.440. The van der Waals surface area contributed by atoms with Gasteiger partial charge in [-0.05, 0) is 109 Å². The molecule has 0 heterocycles. The lowest BCUT2D eigenvalue weighted by Gasteiger charge is -2.10. The predicted molar refractivity (Wildman–Crippen MR) is 179 cm³/mol. The first kappa shape index (κ1) is 53.1. The number of aliphatic hydroxyl groups is 5. The quantitative estimate of drug-likeness (QED) is 0.154. The van der Waals surface area contributed by atoms with Crippen molar-refractivity contribution in [3.63, 3.8) is 0 Å². The highest BCUT2D eigenvalue weighted by atomic mass is 16.5. The minimum Gasteiger partial charge on any atom is -0.394 e. The molecule has 5 N–H and O–H groups in total. The van der Waals surface area contributed by atoms with Crippen LogP contribution in [0.5, 0.6) is 0 Å². The van der Waals surface area contributed by atoms with Gasteiger partial charge in [0.2, 0.25) is 0 Å². The van der Waals surface area contributed by atoms with E-state index in [-0.39, 0.29) is 51.3 Å². The Labute approximate surface area is 271 Å². The number of hydrogen-bond acceptors (Lipinski definition) is 11. The van der Waals surface area contributed by atoms with Crippen molar-refractivity contribution >= 4 is 0 Å². The molecule has 274 valence electrons. The maximum absolute atomic E-state index is 8.73. The standard InChI is InChI=1S/C7H14O.2C6H14O3.C5H12O2.C5H12O.C4H10O/c1-6(2)8-5-7-3-4-7;2*1-5(2)9-4-6(8)3-7;1-5(2)7-4-3-6;1-4-6-5(2)3;1-4(2)5-3/h6-7H,3-5H2,1-2H3;2*5-8H,3-4H2,1-2H3;5-6H,3-4H2,1-2H3;5H,4H2,1-3H3;4H,1-3H3/t;2*6-;;;/m.10.../s1. The molecule has 1 fully saturated rings. The summed E-state index contributed by atoms with van der Waals surface area (Å²) < 4.78 is 30.1. The fourth-order valence-corrected chi connectivity index (χ4v) is 1.95. The first-order chi connectivity index (χ1) is 20.4. The van der Waals surface area contributed by atoms with Crippen molar-refractivity contribution in [1.29, 1.82) is 0 Å². The maximum Gasteiger partial charge on any atom is 0.100 e. The molecule has 0 aliphatic heterocycles. The van der Waals surface area contributed by atoms with Gasteiger partial charge in [-0.3, -0.25) is 0 Å². The summed E-state index contributed by atoms with van der Waals surface area (Å²) in [4.78, 5) is 0. The van der Waals surface area contributed by atoms with Crippen LogP contribution in [-0.4, -0.2) is 134 Å². The number of methoxy groups -OCH3 is 1. The van der Waals surface area contributed by atoms with Crippen LogP contribution in [0, 0.1) is 5.92 Å². The molecule has 0 aromatic rings. The van der Waals surface area contributed by atoms with Gasteiger partial charge in [0.15, 0.2) is 0 Å². The molecule has 44 heavy (non-hydrogen) atoms. The average Bonchev–Trinajstić information content (AvgIpc) is 3.78. The monoisotopic (exact) mass is 649 g/mol. The smallest absolute Gasteiger partial charge is 0.100 e. The van der Waals surface area contributed by atoms with E-state index in [2.05, 4.69) is 13.8 Å². The van der Waals surface area contributed by atoms with E-state index in [0.29, 0.717) is 24.9 Å². The molecule has 2 atom stereocenters. The third kappa shape index (κ3) is 73.2. The van der Waals surface area contributed by atoms with Crippen LogP contribution >= 0.6 is 0 Å². The van der Waals surface area contributed by atoms with E-state index in [0.717, 1.165) is 19.1 Å².